The van der Waals surface area contributed by atoms with E-state index in [1.807, 2.05) is 48.5 Å². The first kappa shape index (κ1) is 19.1. The SMILES string of the molecule is CCNCc1cccc(NC(=O)C2CC(=O)N(c3ccccc3CC)C2)c1. The fourth-order valence-corrected chi connectivity index (χ4v) is 3.46. The van der Waals surface area contributed by atoms with Crippen molar-refractivity contribution in [2.45, 2.75) is 33.2 Å². The van der Waals surface area contributed by atoms with Crippen molar-refractivity contribution in [3.63, 3.8) is 0 Å². The van der Waals surface area contributed by atoms with Crippen LogP contribution in [-0.4, -0.2) is 24.9 Å². The number of para-hydroxylation sites is 1. The minimum absolute atomic E-state index is 0.0111. The van der Waals surface area contributed by atoms with Crippen molar-refractivity contribution in [3.05, 3.63) is 59.7 Å². The largest absolute Gasteiger partial charge is 0.326 e. The van der Waals surface area contributed by atoms with Crippen molar-refractivity contribution >= 4 is 23.2 Å². The molecule has 3 rings (SSSR count). The van der Waals surface area contributed by atoms with Crippen LogP contribution in [0, 0.1) is 5.92 Å². The van der Waals surface area contributed by atoms with E-state index >= 15 is 0 Å². The number of carbonyl (C=O) groups is 2. The first-order chi connectivity index (χ1) is 13.1. The number of carbonyl (C=O) groups excluding carboxylic acids is 2. The van der Waals surface area contributed by atoms with Gasteiger partial charge in [0.05, 0.1) is 5.92 Å². The Bertz CT molecular complexity index is 819. The predicted molar refractivity (Wildman–Crippen MR) is 109 cm³/mol. The quantitative estimate of drug-likeness (QED) is 0.791. The maximum Gasteiger partial charge on any atom is 0.229 e. The second-order valence-electron chi connectivity index (χ2n) is 6.86. The minimum atomic E-state index is -0.333. The Morgan fingerprint density at radius 1 is 1.15 bits per heavy atom. The molecule has 2 aromatic rings. The lowest BCUT2D eigenvalue weighted by molar-refractivity contribution is -0.122. The first-order valence-electron chi connectivity index (χ1n) is 9.61. The molecular formula is C22H27N3O2. The summed E-state index contributed by atoms with van der Waals surface area (Å²) in [5, 5.41) is 6.25. The van der Waals surface area contributed by atoms with E-state index in [9.17, 15) is 9.59 Å². The van der Waals surface area contributed by atoms with Gasteiger partial charge >= 0.3 is 0 Å². The van der Waals surface area contributed by atoms with Crippen molar-refractivity contribution in [2.75, 3.05) is 23.3 Å². The molecule has 2 N–H and O–H groups in total. The van der Waals surface area contributed by atoms with Crippen LogP contribution >= 0.6 is 0 Å². The molecule has 0 spiro atoms. The van der Waals surface area contributed by atoms with E-state index in [-0.39, 0.29) is 24.2 Å². The number of rotatable bonds is 7. The summed E-state index contributed by atoms with van der Waals surface area (Å²) in [5.41, 5.74) is 3.95. The summed E-state index contributed by atoms with van der Waals surface area (Å²) in [5.74, 6) is -0.419. The van der Waals surface area contributed by atoms with Crippen LogP contribution in [0.3, 0.4) is 0 Å². The monoisotopic (exact) mass is 365 g/mol. The topological polar surface area (TPSA) is 61.4 Å². The predicted octanol–water partition coefficient (Wildman–Crippen LogP) is 3.35. The van der Waals surface area contributed by atoms with Crippen LogP contribution < -0.4 is 15.5 Å². The zero-order valence-corrected chi connectivity index (χ0v) is 16.0. The Morgan fingerprint density at radius 2 is 1.96 bits per heavy atom. The molecule has 1 aliphatic rings. The molecule has 0 aromatic heterocycles. The highest BCUT2D eigenvalue weighted by Crippen LogP contribution is 2.29. The van der Waals surface area contributed by atoms with Gasteiger partial charge in [-0.3, -0.25) is 9.59 Å². The molecular weight excluding hydrogens is 338 g/mol. The average Bonchev–Trinajstić information content (AvgIpc) is 3.08. The number of aryl methyl sites for hydroxylation is 1. The minimum Gasteiger partial charge on any atom is -0.326 e. The van der Waals surface area contributed by atoms with E-state index in [4.69, 9.17) is 0 Å². The van der Waals surface area contributed by atoms with Gasteiger partial charge in [0.15, 0.2) is 0 Å². The molecule has 142 valence electrons. The summed E-state index contributed by atoms with van der Waals surface area (Å²) in [6, 6.07) is 15.7. The van der Waals surface area contributed by atoms with Gasteiger partial charge in [-0.2, -0.15) is 0 Å². The molecule has 0 saturated carbocycles. The summed E-state index contributed by atoms with van der Waals surface area (Å²) >= 11 is 0. The number of nitrogens with zero attached hydrogens (tertiary/aromatic N) is 1. The van der Waals surface area contributed by atoms with Gasteiger partial charge in [-0.15, -0.1) is 0 Å². The molecule has 2 aromatic carbocycles. The number of hydrogen-bond donors (Lipinski definition) is 2. The summed E-state index contributed by atoms with van der Waals surface area (Å²) in [6.45, 7) is 6.23. The van der Waals surface area contributed by atoms with Crippen molar-refractivity contribution in [2.24, 2.45) is 5.92 Å². The third-order valence-electron chi connectivity index (χ3n) is 4.93. The molecule has 5 heteroatoms. The zero-order chi connectivity index (χ0) is 19.2. The Balaban J connectivity index is 1.67. The Morgan fingerprint density at radius 3 is 2.74 bits per heavy atom. The Hall–Kier alpha value is -2.66. The fraction of sp³-hybridized carbons (Fsp3) is 0.364. The average molecular weight is 365 g/mol. The molecule has 2 amide bonds. The molecule has 27 heavy (non-hydrogen) atoms. The number of nitrogens with one attached hydrogen (secondary N) is 2. The zero-order valence-electron chi connectivity index (χ0n) is 16.0. The van der Waals surface area contributed by atoms with Crippen LogP contribution in [0.5, 0.6) is 0 Å². The maximum atomic E-state index is 12.7. The lowest BCUT2D eigenvalue weighted by Gasteiger charge is -2.20. The standard InChI is InChI=1S/C22H27N3O2/c1-3-17-9-5-6-11-20(17)25-15-18(13-21(25)26)22(27)24-19-10-7-8-16(12-19)14-23-4-2/h5-12,18,23H,3-4,13-15H2,1-2H3,(H,24,27). The first-order valence-corrected chi connectivity index (χ1v) is 9.61. The summed E-state index contributed by atoms with van der Waals surface area (Å²) in [7, 11) is 0. The molecule has 1 saturated heterocycles. The van der Waals surface area contributed by atoms with Crippen molar-refractivity contribution in [1.82, 2.24) is 5.32 Å². The second kappa shape index (κ2) is 8.82. The van der Waals surface area contributed by atoms with E-state index in [0.29, 0.717) is 6.54 Å². The van der Waals surface area contributed by atoms with Crippen LogP contribution in [0.1, 0.15) is 31.4 Å². The molecule has 0 aliphatic carbocycles. The molecule has 0 radical (unpaired) electrons. The van der Waals surface area contributed by atoms with Gasteiger partial charge in [0, 0.05) is 30.9 Å². The van der Waals surface area contributed by atoms with Crippen molar-refractivity contribution in [1.29, 1.82) is 0 Å². The number of anilines is 2. The lowest BCUT2D eigenvalue weighted by Crippen LogP contribution is -2.28. The summed E-state index contributed by atoms with van der Waals surface area (Å²) in [6.07, 6.45) is 1.11. The molecule has 5 nitrogen and oxygen atoms in total. The van der Waals surface area contributed by atoms with E-state index in [0.717, 1.165) is 42.0 Å². The smallest absolute Gasteiger partial charge is 0.229 e. The molecule has 1 fully saturated rings. The van der Waals surface area contributed by atoms with Gasteiger partial charge in [-0.05, 0) is 42.3 Å². The van der Waals surface area contributed by atoms with Crippen LogP contribution in [0.25, 0.3) is 0 Å². The third-order valence-corrected chi connectivity index (χ3v) is 4.93. The highest BCUT2D eigenvalue weighted by atomic mass is 16.2. The van der Waals surface area contributed by atoms with E-state index in [1.165, 1.54) is 0 Å². The highest BCUT2D eigenvalue weighted by Gasteiger charge is 2.35. The van der Waals surface area contributed by atoms with Gasteiger partial charge in [0.1, 0.15) is 0 Å². The van der Waals surface area contributed by atoms with E-state index < -0.39 is 0 Å². The molecule has 1 atom stereocenters. The van der Waals surface area contributed by atoms with Gasteiger partial charge in [-0.1, -0.05) is 44.2 Å². The second-order valence-corrected chi connectivity index (χ2v) is 6.86. The fourth-order valence-electron chi connectivity index (χ4n) is 3.46. The lowest BCUT2D eigenvalue weighted by atomic mass is 10.1. The summed E-state index contributed by atoms with van der Waals surface area (Å²) < 4.78 is 0. The van der Waals surface area contributed by atoms with E-state index in [2.05, 4.69) is 24.5 Å². The van der Waals surface area contributed by atoms with Gasteiger partial charge < -0.3 is 15.5 Å². The Kier molecular flexibility index (Phi) is 6.24. The van der Waals surface area contributed by atoms with Crippen LogP contribution in [0.4, 0.5) is 11.4 Å². The summed E-state index contributed by atoms with van der Waals surface area (Å²) in [4.78, 5) is 27.0. The normalized spacial score (nSPS) is 16.6. The molecule has 0 bridgehead atoms. The van der Waals surface area contributed by atoms with Gasteiger partial charge in [-0.25, -0.2) is 0 Å². The van der Waals surface area contributed by atoms with E-state index in [1.54, 1.807) is 4.90 Å². The van der Waals surface area contributed by atoms with Crippen LogP contribution in [-0.2, 0) is 22.6 Å². The third kappa shape index (κ3) is 4.55. The van der Waals surface area contributed by atoms with Gasteiger partial charge in [0.25, 0.3) is 0 Å². The molecule has 1 unspecified atom stereocenters. The van der Waals surface area contributed by atoms with Crippen molar-refractivity contribution in [3.8, 4) is 0 Å². The number of benzene rings is 2. The van der Waals surface area contributed by atoms with Crippen LogP contribution in [0.2, 0.25) is 0 Å². The molecule has 1 heterocycles. The van der Waals surface area contributed by atoms with Crippen LogP contribution in [0.15, 0.2) is 48.5 Å². The Labute approximate surface area is 160 Å². The number of hydrogen-bond acceptors (Lipinski definition) is 3. The molecule has 1 aliphatic heterocycles. The van der Waals surface area contributed by atoms with Gasteiger partial charge in [0.2, 0.25) is 11.8 Å². The highest BCUT2D eigenvalue weighted by molar-refractivity contribution is 6.03. The maximum absolute atomic E-state index is 12.7. The van der Waals surface area contributed by atoms with Crippen molar-refractivity contribution < 1.29 is 9.59 Å². The number of amides is 2.